The first-order valence-corrected chi connectivity index (χ1v) is 6.74. The zero-order valence-electron chi connectivity index (χ0n) is 12.2. The molecule has 0 aliphatic rings. The molecule has 3 aromatic heterocycles. The van der Waals surface area contributed by atoms with Gasteiger partial charge in [-0.15, -0.1) is 0 Å². The highest BCUT2D eigenvalue weighted by Gasteiger charge is 2.18. The summed E-state index contributed by atoms with van der Waals surface area (Å²) in [4.78, 5) is 4.36. The van der Waals surface area contributed by atoms with Gasteiger partial charge in [0.25, 0.3) is 0 Å². The zero-order chi connectivity index (χ0) is 15.0. The van der Waals surface area contributed by atoms with Crippen molar-refractivity contribution in [1.29, 1.82) is 0 Å². The highest BCUT2D eigenvalue weighted by Crippen LogP contribution is 2.26. The van der Waals surface area contributed by atoms with E-state index in [4.69, 9.17) is 9.63 Å². The van der Waals surface area contributed by atoms with E-state index in [2.05, 4.69) is 15.2 Å². The summed E-state index contributed by atoms with van der Waals surface area (Å²) in [7, 11) is 0. The van der Waals surface area contributed by atoms with Crippen molar-refractivity contribution in [2.75, 3.05) is 6.61 Å². The molecule has 1 N–H and O–H groups in total. The molecule has 110 valence electrons. The minimum absolute atomic E-state index is 0.0550. The van der Waals surface area contributed by atoms with Crippen molar-refractivity contribution in [3.8, 4) is 17.3 Å². The smallest absolute Gasteiger partial charge is 0.202 e. The SMILES string of the molecule is Cc1cc(-c2nccn2-c2c(C)nn(CCO)c2C)on1. The summed E-state index contributed by atoms with van der Waals surface area (Å²) in [6.07, 6.45) is 3.59. The molecule has 0 radical (unpaired) electrons. The summed E-state index contributed by atoms with van der Waals surface area (Å²) in [6, 6.07) is 1.85. The molecule has 0 spiro atoms. The van der Waals surface area contributed by atoms with Gasteiger partial charge in [-0.2, -0.15) is 5.10 Å². The Morgan fingerprint density at radius 3 is 2.76 bits per heavy atom. The number of aliphatic hydroxyl groups excluding tert-OH is 1. The van der Waals surface area contributed by atoms with Crippen LogP contribution in [-0.4, -0.2) is 36.2 Å². The molecule has 3 rings (SSSR count). The van der Waals surface area contributed by atoms with Crippen LogP contribution in [0.1, 0.15) is 17.1 Å². The van der Waals surface area contributed by atoms with Gasteiger partial charge in [-0.25, -0.2) is 4.98 Å². The second kappa shape index (κ2) is 5.17. The van der Waals surface area contributed by atoms with Crippen LogP contribution in [0.3, 0.4) is 0 Å². The van der Waals surface area contributed by atoms with Crippen molar-refractivity contribution in [2.45, 2.75) is 27.3 Å². The summed E-state index contributed by atoms with van der Waals surface area (Å²) < 4.78 is 9.03. The predicted molar refractivity (Wildman–Crippen MR) is 76.1 cm³/mol. The van der Waals surface area contributed by atoms with Gasteiger partial charge in [0.1, 0.15) is 0 Å². The number of rotatable bonds is 4. The monoisotopic (exact) mass is 287 g/mol. The molecule has 0 amide bonds. The third-order valence-electron chi connectivity index (χ3n) is 3.39. The Bertz CT molecular complexity index is 768. The maximum absolute atomic E-state index is 9.11. The Hall–Kier alpha value is -2.41. The van der Waals surface area contributed by atoms with Gasteiger partial charge >= 0.3 is 0 Å². The van der Waals surface area contributed by atoms with Gasteiger partial charge in [0.05, 0.1) is 35.9 Å². The molecule has 7 nitrogen and oxygen atoms in total. The third-order valence-corrected chi connectivity index (χ3v) is 3.39. The number of aromatic nitrogens is 5. The molecule has 0 atom stereocenters. The van der Waals surface area contributed by atoms with Crippen LogP contribution in [0.25, 0.3) is 17.3 Å². The van der Waals surface area contributed by atoms with E-state index in [0.717, 1.165) is 22.8 Å². The van der Waals surface area contributed by atoms with E-state index < -0.39 is 0 Å². The molecular formula is C14H17N5O2. The summed E-state index contributed by atoms with van der Waals surface area (Å²) in [5.74, 6) is 1.30. The molecule has 3 aromatic rings. The molecule has 0 fully saturated rings. The maximum Gasteiger partial charge on any atom is 0.202 e. The van der Waals surface area contributed by atoms with Crippen molar-refractivity contribution in [2.24, 2.45) is 0 Å². The van der Waals surface area contributed by atoms with Crippen LogP contribution in [0, 0.1) is 20.8 Å². The number of aliphatic hydroxyl groups is 1. The minimum atomic E-state index is 0.0550. The van der Waals surface area contributed by atoms with E-state index in [0.29, 0.717) is 18.1 Å². The fourth-order valence-electron chi connectivity index (χ4n) is 2.48. The molecule has 0 aliphatic carbocycles. The molecule has 21 heavy (non-hydrogen) atoms. The maximum atomic E-state index is 9.11. The van der Waals surface area contributed by atoms with E-state index >= 15 is 0 Å². The zero-order valence-corrected chi connectivity index (χ0v) is 12.2. The van der Waals surface area contributed by atoms with Crippen LogP contribution < -0.4 is 0 Å². The normalized spacial score (nSPS) is 11.2. The quantitative estimate of drug-likeness (QED) is 0.789. The van der Waals surface area contributed by atoms with Gasteiger partial charge in [0.15, 0.2) is 5.82 Å². The largest absolute Gasteiger partial charge is 0.394 e. The van der Waals surface area contributed by atoms with Crippen molar-refractivity contribution >= 4 is 0 Å². The molecule has 0 bridgehead atoms. The Balaban J connectivity index is 2.12. The van der Waals surface area contributed by atoms with Gasteiger partial charge in [0, 0.05) is 18.5 Å². The molecular weight excluding hydrogens is 270 g/mol. The lowest BCUT2D eigenvalue weighted by atomic mass is 10.3. The topological polar surface area (TPSA) is 81.9 Å². The first-order chi connectivity index (χ1) is 10.1. The molecule has 0 aliphatic heterocycles. The first-order valence-electron chi connectivity index (χ1n) is 6.74. The number of imidazole rings is 1. The number of hydrogen-bond acceptors (Lipinski definition) is 5. The Labute approximate surface area is 121 Å². The lowest BCUT2D eigenvalue weighted by Crippen LogP contribution is -2.06. The molecule has 3 heterocycles. The first kappa shape index (κ1) is 13.6. The Morgan fingerprint density at radius 2 is 2.10 bits per heavy atom. The summed E-state index contributed by atoms with van der Waals surface area (Å²) in [5.41, 5.74) is 3.60. The Morgan fingerprint density at radius 1 is 1.29 bits per heavy atom. The van der Waals surface area contributed by atoms with Crippen molar-refractivity contribution in [3.05, 3.63) is 35.5 Å². The number of hydrogen-bond donors (Lipinski definition) is 1. The summed E-state index contributed by atoms with van der Waals surface area (Å²) in [5, 5.41) is 17.5. The van der Waals surface area contributed by atoms with Crippen LogP contribution in [-0.2, 0) is 6.54 Å². The average molecular weight is 287 g/mol. The average Bonchev–Trinajstić information content (AvgIpc) is 3.12. The fourth-order valence-corrected chi connectivity index (χ4v) is 2.48. The molecule has 0 unspecified atom stereocenters. The van der Waals surface area contributed by atoms with Gasteiger partial charge in [-0.05, 0) is 20.8 Å². The van der Waals surface area contributed by atoms with Crippen molar-refractivity contribution in [3.63, 3.8) is 0 Å². The predicted octanol–water partition coefficient (Wildman–Crippen LogP) is 1.64. The van der Waals surface area contributed by atoms with Gasteiger partial charge in [0.2, 0.25) is 5.76 Å². The Kier molecular flexibility index (Phi) is 3.34. The number of nitrogens with zero attached hydrogens (tertiary/aromatic N) is 5. The van der Waals surface area contributed by atoms with E-state index in [9.17, 15) is 0 Å². The van der Waals surface area contributed by atoms with E-state index in [1.807, 2.05) is 37.6 Å². The number of aryl methyl sites for hydroxylation is 2. The van der Waals surface area contributed by atoms with E-state index in [-0.39, 0.29) is 6.61 Å². The van der Waals surface area contributed by atoms with Crippen LogP contribution in [0.15, 0.2) is 23.0 Å². The lowest BCUT2D eigenvalue weighted by molar-refractivity contribution is 0.268. The summed E-state index contributed by atoms with van der Waals surface area (Å²) >= 11 is 0. The van der Waals surface area contributed by atoms with Crippen molar-refractivity contribution in [1.82, 2.24) is 24.5 Å². The second-order valence-corrected chi connectivity index (χ2v) is 4.92. The fraction of sp³-hybridized carbons (Fsp3) is 0.357. The van der Waals surface area contributed by atoms with Gasteiger partial charge < -0.3 is 9.63 Å². The minimum Gasteiger partial charge on any atom is -0.394 e. The standard InChI is InChI=1S/C14H17N5O2/c1-9-8-12(21-17-9)14-15-4-5-18(14)13-10(2)16-19(6-7-20)11(13)3/h4-5,8,20H,6-7H2,1-3H3. The molecule has 0 aromatic carbocycles. The van der Waals surface area contributed by atoms with E-state index in [1.54, 1.807) is 10.9 Å². The van der Waals surface area contributed by atoms with Gasteiger partial charge in [-0.1, -0.05) is 5.16 Å². The van der Waals surface area contributed by atoms with Crippen LogP contribution in [0.2, 0.25) is 0 Å². The molecule has 0 saturated heterocycles. The van der Waals surface area contributed by atoms with Crippen LogP contribution in [0.5, 0.6) is 0 Å². The molecule has 7 heteroatoms. The van der Waals surface area contributed by atoms with Gasteiger partial charge in [-0.3, -0.25) is 9.25 Å². The van der Waals surface area contributed by atoms with Crippen molar-refractivity contribution < 1.29 is 9.63 Å². The second-order valence-electron chi connectivity index (χ2n) is 4.92. The highest BCUT2D eigenvalue weighted by atomic mass is 16.5. The highest BCUT2D eigenvalue weighted by molar-refractivity contribution is 5.55. The molecule has 0 saturated carbocycles. The summed E-state index contributed by atoms with van der Waals surface area (Å²) in [6.45, 7) is 6.31. The lowest BCUT2D eigenvalue weighted by Gasteiger charge is -2.07. The third kappa shape index (κ3) is 2.25. The van der Waals surface area contributed by atoms with Crippen LogP contribution >= 0.6 is 0 Å². The van der Waals surface area contributed by atoms with Crippen LogP contribution in [0.4, 0.5) is 0 Å². The van der Waals surface area contributed by atoms with E-state index in [1.165, 1.54) is 0 Å².